The second kappa shape index (κ2) is 9.46. The first-order valence-corrected chi connectivity index (χ1v) is 9.79. The molecule has 0 radical (unpaired) electrons. The number of aliphatic imine (C=N–C) groups is 1. The minimum Gasteiger partial charge on any atom is -0.490 e. The molecule has 1 aromatic rings. The minimum atomic E-state index is 0.139. The van der Waals surface area contributed by atoms with E-state index in [1.165, 1.54) is 0 Å². The summed E-state index contributed by atoms with van der Waals surface area (Å²) >= 11 is 0. The van der Waals surface area contributed by atoms with E-state index in [0.717, 1.165) is 70.1 Å². The van der Waals surface area contributed by atoms with Gasteiger partial charge in [-0.15, -0.1) is 0 Å². The Morgan fingerprint density at radius 2 is 1.81 bits per heavy atom. The summed E-state index contributed by atoms with van der Waals surface area (Å²) in [7, 11) is 0. The van der Waals surface area contributed by atoms with Crippen LogP contribution in [-0.4, -0.2) is 67.0 Å². The molecule has 0 atom stereocenters. The summed E-state index contributed by atoms with van der Waals surface area (Å²) in [4.78, 5) is 21.0. The van der Waals surface area contributed by atoms with E-state index in [1.807, 2.05) is 35.2 Å². The van der Waals surface area contributed by atoms with Crippen molar-refractivity contribution in [3.8, 4) is 5.75 Å². The molecular weight excluding hydrogens is 328 g/mol. The normalized spacial score (nSPS) is 18.9. The lowest BCUT2D eigenvalue weighted by Crippen LogP contribution is -2.48. The van der Waals surface area contributed by atoms with Crippen molar-refractivity contribution >= 4 is 11.9 Å². The zero-order valence-electron chi connectivity index (χ0n) is 15.7. The zero-order valence-corrected chi connectivity index (χ0v) is 15.7. The maximum atomic E-state index is 12.2. The summed E-state index contributed by atoms with van der Waals surface area (Å²) in [6.07, 6.45) is 4.39. The van der Waals surface area contributed by atoms with Crippen LogP contribution in [0.4, 0.5) is 0 Å². The van der Waals surface area contributed by atoms with Gasteiger partial charge in [0.2, 0.25) is 5.91 Å². The van der Waals surface area contributed by atoms with Gasteiger partial charge in [0.25, 0.3) is 0 Å². The standard InChI is InChI=1S/C20H30N4O2/c1-2-21-20(22-16-19(25)23-12-6-7-13-23)24-14-10-18(11-15-24)26-17-8-4-3-5-9-17/h3-5,8-9,18H,2,6-7,10-16H2,1H3,(H,21,22). The van der Waals surface area contributed by atoms with Crippen LogP contribution >= 0.6 is 0 Å². The molecule has 0 unspecified atom stereocenters. The van der Waals surface area contributed by atoms with Crippen molar-refractivity contribution < 1.29 is 9.53 Å². The van der Waals surface area contributed by atoms with Gasteiger partial charge in [0, 0.05) is 45.6 Å². The van der Waals surface area contributed by atoms with Crippen LogP contribution in [0.5, 0.6) is 5.75 Å². The first-order chi connectivity index (χ1) is 12.8. The number of para-hydroxylation sites is 1. The topological polar surface area (TPSA) is 57.2 Å². The molecule has 26 heavy (non-hydrogen) atoms. The molecule has 6 heteroatoms. The quantitative estimate of drug-likeness (QED) is 0.647. The summed E-state index contributed by atoms with van der Waals surface area (Å²) in [5.74, 6) is 1.92. The first-order valence-electron chi connectivity index (χ1n) is 9.79. The molecule has 3 rings (SSSR count). The summed E-state index contributed by atoms with van der Waals surface area (Å²) in [6.45, 7) is 6.64. The number of hydrogen-bond donors (Lipinski definition) is 1. The van der Waals surface area contributed by atoms with Gasteiger partial charge in [-0.1, -0.05) is 18.2 Å². The zero-order chi connectivity index (χ0) is 18.2. The van der Waals surface area contributed by atoms with Crippen LogP contribution < -0.4 is 10.1 Å². The highest BCUT2D eigenvalue weighted by Gasteiger charge is 2.23. The van der Waals surface area contributed by atoms with Crippen molar-refractivity contribution in [2.75, 3.05) is 39.3 Å². The fraction of sp³-hybridized carbons (Fsp3) is 0.600. The van der Waals surface area contributed by atoms with E-state index >= 15 is 0 Å². The number of guanidine groups is 1. The third kappa shape index (κ3) is 5.13. The molecular formula is C20H30N4O2. The lowest BCUT2D eigenvalue weighted by Gasteiger charge is -2.34. The molecule has 2 fully saturated rings. The number of benzene rings is 1. The summed E-state index contributed by atoms with van der Waals surface area (Å²) in [6, 6.07) is 10.00. The number of carbonyl (C=O) groups is 1. The molecule has 1 N–H and O–H groups in total. The Bertz CT molecular complexity index is 591. The molecule has 1 amide bonds. The lowest BCUT2D eigenvalue weighted by molar-refractivity contribution is -0.128. The minimum absolute atomic E-state index is 0.139. The van der Waals surface area contributed by atoms with Crippen molar-refractivity contribution in [1.82, 2.24) is 15.1 Å². The predicted molar refractivity (Wildman–Crippen MR) is 103 cm³/mol. The van der Waals surface area contributed by atoms with Crippen LogP contribution in [0, 0.1) is 0 Å². The number of ether oxygens (including phenoxy) is 1. The van der Waals surface area contributed by atoms with Gasteiger partial charge in [0.05, 0.1) is 0 Å². The molecule has 0 aromatic heterocycles. The van der Waals surface area contributed by atoms with E-state index < -0.39 is 0 Å². The monoisotopic (exact) mass is 358 g/mol. The number of amides is 1. The van der Waals surface area contributed by atoms with E-state index in [9.17, 15) is 4.79 Å². The highest BCUT2D eigenvalue weighted by Crippen LogP contribution is 2.18. The van der Waals surface area contributed by atoms with E-state index in [2.05, 4.69) is 22.1 Å². The molecule has 0 aliphatic carbocycles. The highest BCUT2D eigenvalue weighted by atomic mass is 16.5. The van der Waals surface area contributed by atoms with Crippen molar-refractivity contribution in [1.29, 1.82) is 0 Å². The van der Waals surface area contributed by atoms with Crippen molar-refractivity contribution in [3.63, 3.8) is 0 Å². The Morgan fingerprint density at radius 1 is 1.12 bits per heavy atom. The number of carbonyl (C=O) groups excluding carboxylic acids is 1. The summed E-state index contributed by atoms with van der Waals surface area (Å²) in [5.41, 5.74) is 0. The predicted octanol–water partition coefficient (Wildman–Crippen LogP) is 2.12. The fourth-order valence-corrected chi connectivity index (χ4v) is 3.51. The summed E-state index contributed by atoms with van der Waals surface area (Å²) in [5, 5.41) is 3.33. The molecule has 2 heterocycles. The van der Waals surface area contributed by atoms with Gasteiger partial charge in [-0.05, 0) is 31.9 Å². The molecule has 0 saturated carbocycles. The Morgan fingerprint density at radius 3 is 2.46 bits per heavy atom. The Kier molecular flexibility index (Phi) is 6.75. The Balaban J connectivity index is 1.50. The maximum absolute atomic E-state index is 12.2. The Labute approximate surface area is 156 Å². The molecule has 142 valence electrons. The van der Waals surface area contributed by atoms with Crippen LogP contribution in [0.15, 0.2) is 35.3 Å². The molecule has 0 spiro atoms. The second-order valence-corrected chi connectivity index (χ2v) is 6.88. The smallest absolute Gasteiger partial charge is 0.244 e. The molecule has 2 aliphatic heterocycles. The number of hydrogen-bond acceptors (Lipinski definition) is 3. The number of nitrogens with one attached hydrogen (secondary N) is 1. The highest BCUT2D eigenvalue weighted by molar-refractivity contribution is 5.85. The largest absolute Gasteiger partial charge is 0.490 e. The van der Waals surface area contributed by atoms with Gasteiger partial charge < -0.3 is 19.9 Å². The molecule has 2 saturated heterocycles. The molecule has 2 aliphatic rings. The van der Waals surface area contributed by atoms with E-state index in [-0.39, 0.29) is 18.6 Å². The lowest BCUT2D eigenvalue weighted by atomic mass is 10.1. The van der Waals surface area contributed by atoms with Gasteiger partial charge in [-0.25, -0.2) is 4.99 Å². The van der Waals surface area contributed by atoms with Crippen LogP contribution in [-0.2, 0) is 4.79 Å². The molecule has 1 aromatic carbocycles. The van der Waals surface area contributed by atoms with E-state index in [4.69, 9.17) is 4.74 Å². The van der Waals surface area contributed by atoms with E-state index in [1.54, 1.807) is 0 Å². The number of nitrogens with zero attached hydrogens (tertiary/aromatic N) is 3. The van der Waals surface area contributed by atoms with Crippen molar-refractivity contribution in [2.45, 2.75) is 38.7 Å². The van der Waals surface area contributed by atoms with Crippen molar-refractivity contribution in [3.05, 3.63) is 30.3 Å². The fourth-order valence-electron chi connectivity index (χ4n) is 3.51. The van der Waals surface area contributed by atoms with Crippen LogP contribution in [0.2, 0.25) is 0 Å². The van der Waals surface area contributed by atoms with Gasteiger partial charge >= 0.3 is 0 Å². The molecule has 0 bridgehead atoms. The van der Waals surface area contributed by atoms with Crippen molar-refractivity contribution in [2.24, 2.45) is 4.99 Å². The average Bonchev–Trinajstić information content (AvgIpc) is 3.21. The number of rotatable bonds is 5. The third-order valence-corrected chi connectivity index (χ3v) is 4.95. The van der Waals surface area contributed by atoms with Gasteiger partial charge in [0.15, 0.2) is 5.96 Å². The SMILES string of the molecule is CCNC(=NCC(=O)N1CCCC1)N1CCC(Oc2ccccc2)CC1. The third-order valence-electron chi connectivity index (χ3n) is 4.95. The van der Waals surface area contributed by atoms with Gasteiger partial charge in [-0.3, -0.25) is 4.79 Å². The van der Waals surface area contributed by atoms with Crippen LogP contribution in [0.25, 0.3) is 0 Å². The van der Waals surface area contributed by atoms with Crippen LogP contribution in [0.1, 0.15) is 32.6 Å². The van der Waals surface area contributed by atoms with Gasteiger partial charge in [-0.2, -0.15) is 0 Å². The average molecular weight is 358 g/mol. The maximum Gasteiger partial charge on any atom is 0.244 e. The number of likely N-dealkylation sites (tertiary alicyclic amines) is 2. The summed E-state index contributed by atoms with van der Waals surface area (Å²) < 4.78 is 6.06. The second-order valence-electron chi connectivity index (χ2n) is 6.88. The van der Waals surface area contributed by atoms with Crippen LogP contribution in [0.3, 0.4) is 0 Å². The number of piperidine rings is 1. The Hall–Kier alpha value is -2.24. The van der Waals surface area contributed by atoms with Gasteiger partial charge in [0.1, 0.15) is 18.4 Å². The van der Waals surface area contributed by atoms with E-state index in [0.29, 0.717) is 0 Å². The molecule has 6 nitrogen and oxygen atoms in total. The first kappa shape index (κ1) is 18.5.